The summed E-state index contributed by atoms with van der Waals surface area (Å²) in [5, 5.41) is 2.82. The molecule has 0 saturated heterocycles. The van der Waals surface area contributed by atoms with Gasteiger partial charge in [-0.15, -0.1) is 0 Å². The molecule has 1 aromatic rings. The second-order valence-corrected chi connectivity index (χ2v) is 5.00. The Bertz CT molecular complexity index is 391. The Kier molecular flexibility index (Phi) is 7.15. The molecular formula is C15H24N2O2. The van der Waals surface area contributed by atoms with Gasteiger partial charge in [0.1, 0.15) is 6.61 Å². The molecule has 4 nitrogen and oxygen atoms in total. The van der Waals surface area contributed by atoms with Crippen molar-refractivity contribution in [1.29, 1.82) is 0 Å². The molecule has 0 unspecified atom stereocenters. The van der Waals surface area contributed by atoms with Crippen LogP contribution in [0.4, 0.5) is 5.69 Å². The summed E-state index contributed by atoms with van der Waals surface area (Å²) in [6.07, 6.45) is 2.11. The van der Waals surface area contributed by atoms with Crippen molar-refractivity contribution in [2.24, 2.45) is 11.7 Å². The molecule has 0 aliphatic rings. The first kappa shape index (κ1) is 15.7. The summed E-state index contributed by atoms with van der Waals surface area (Å²) in [6.45, 7) is 5.49. The molecule has 0 aliphatic carbocycles. The molecule has 106 valence electrons. The fourth-order valence-corrected chi connectivity index (χ4v) is 1.77. The second kappa shape index (κ2) is 8.67. The van der Waals surface area contributed by atoms with Gasteiger partial charge in [0.2, 0.25) is 5.91 Å². The lowest BCUT2D eigenvalue weighted by Gasteiger charge is -2.10. The van der Waals surface area contributed by atoms with Crippen LogP contribution >= 0.6 is 0 Å². The van der Waals surface area contributed by atoms with Crippen LogP contribution in [0.15, 0.2) is 24.3 Å². The Hall–Kier alpha value is -1.39. The average molecular weight is 264 g/mol. The summed E-state index contributed by atoms with van der Waals surface area (Å²) in [6, 6.07) is 7.52. The monoisotopic (exact) mass is 264 g/mol. The van der Waals surface area contributed by atoms with Crippen LogP contribution in [0.1, 0.15) is 32.3 Å². The van der Waals surface area contributed by atoms with E-state index in [1.54, 1.807) is 0 Å². The van der Waals surface area contributed by atoms with Gasteiger partial charge in [-0.25, -0.2) is 0 Å². The maximum absolute atomic E-state index is 11.7. The fraction of sp³-hybridized carbons (Fsp3) is 0.533. The van der Waals surface area contributed by atoms with Crippen LogP contribution in [-0.2, 0) is 16.1 Å². The van der Waals surface area contributed by atoms with Crippen molar-refractivity contribution < 1.29 is 9.53 Å². The Labute approximate surface area is 115 Å². The van der Waals surface area contributed by atoms with Gasteiger partial charge in [0.25, 0.3) is 0 Å². The minimum atomic E-state index is -0.134. The molecule has 0 fully saturated rings. The van der Waals surface area contributed by atoms with E-state index in [1.165, 1.54) is 0 Å². The number of ether oxygens (including phenoxy) is 1. The topological polar surface area (TPSA) is 64.3 Å². The van der Waals surface area contributed by atoms with Gasteiger partial charge in [-0.1, -0.05) is 32.0 Å². The first-order valence-corrected chi connectivity index (χ1v) is 6.79. The molecule has 3 N–H and O–H groups in total. The van der Waals surface area contributed by atoms with E-state index >= 15 is 0 Å². The number of hydrogen-bond donors (Lipinski definition) is 2. The van der Waals surface area contributed by atoms with Crippen LogP contribution in [0.3, 0.4) is 0 Å². The van der Waals surface area contributed by atoms with Gasteiger partial charge in [-0.3, -0.25) is 4.79 Å². The van der Waals surface area contributed by atoms with E-state index in [1.807, 2.05) is 24.3 Å². The number of benzene rings is 1. The molecule has 19 heavy (non-hydrogen) atoms. The van der Waals surface area contributed by atoms with E-state index in [4.69, 9.17) is 10.5 Å². The van der Waals surface area contributed by atoms with E-state index < -0.39 is 0 Å². The quantitative estimate of drug-likeness (QED) is 0.709. The number of nitrogens with one attached hydrogen (secondary N) is 1. The summed E-state index contributed by atoms with van der Waals surface area (Å²) < 4.78 is 5.35. The van der Waals surface area contributed by atoms with Crippen molar-refractivity contribution in [3.05, 3.63) is 29.8 Å². The minimum Gasteiger partial charge on any atom is -0.372 e. The minimum absolute atomic E-state index is 0.0942. The Balaban J connectivity index is 2.27. The molecule has 4 heteroatoms. The average Bonchev–Trinajstić information content (AvgIpc) is 2.38. The molecular weight excluding hydrogens is 240 g/mol. The maximum Gasteiger partial charge on any atom is 0.250 e. The van der Waals surface area contributed by atoms with Crippen LogP contribution in [-0.4, -0.2) is 19.1 Å². The van der Waals surface area contributed by atoms with Gasteiger partial charge in [0, 0.05) is 18.8 Å². The highest BCUT2D eigenvalue weighted by atomic mass is 16.5. The largest absolute Gasteiger partial charge is 0.372 e. The maximum atomic E-state index is 11.7. The van der Waals surface area contributed by atoms with Crippen molar-refractivity contribution >= 4 is 11.6 Å². The number of anilines is 1. The molecule has 1 rings (SSSR count). The predicted molar refractivity (Wildman–Crippen MR) is 77.9 cm³/mol. The smallest absolute Gasteiger partial charge is 0.250 e. The Morgan fingerprint density at radius 2 is 2.11 bits per heavy atom. The molecule has 0 aliphatic heterocycles. The van der Waals surface area contributed by atoms with Gasteiger partial charge >= 0.3 is 0 Å². The van der Waals surface area contributed by atoms with Gasteiger partial charge in [0.15, 0.2) is 0 Å². The first-order chi connectivity index (χ1) is 9.13. The molecule has 0 saturated carbocycles. The summed E-state index contributed by atoms with van der Waals surface area (Å²) in [5.74, 6) is 0.541. The molecule has 1 aromatic carbocycles. The highest BCUT2D eigenvalue weighted by Gasteiger charge is 2.05. The van der Waals surface area contributed by atoms with E-state index in [-0.39, 0.29) is 12.5 Å². The lowest BCUT2D eigenvalue weighted by atomic mass is 10.1. The number of amides is 1. The zero-order valence-electron chi connectivity index (χ0n) is 11.8. The molecule has 0 radical (unpaired) electrons. The van der Waals surface area contributed by atoms with Crippen molar-refractivity contribution in [3.8, 4) is 0 Å². The number of carbonyl (C=O) groups excluding carboxylic acids is 1. The van der Waals surface area contributed by atoms with Crippen LogP contribution in [0.25, 0.3) is 0 Å². The summed E-state index contributed by atoms with van der Waals surface area (Å²) in [5.41, 5.74) is 7.30. The highest BCUT2D eigenvalue weighted by Crippen LogP contribution is 2.13. The van der Waals surface area contributed by atoms with Crippen molar-refractivity contribution in [1.82, 2.24) is 0 Å². The van der Waals surface area contributed by atoms with Gasteiger partial charge in [-0.05, 0) is 30.4 Å². The molecule has 0 atom stereocenters. The normalized spacial score (nSPS) is 10.7. The van der Waals surface area contributed by atoms with Crippen molar-refractivity contribution in [2.75, 3.05) is 18.5 Å². The van der Waals surface area contributed by atoms with E-state index in [0.29, 0.717) is 19.1 Å². The molecule has 0 spiro atoms. The molecule has 1 amide bonds. The standard InChI is InChI=1S/C15H24N2O2/c1-12(2)6-5-9-19-11-15(18)17-14-8-4-3-7-13(14)10-16/h3-4,7-8,12H,5-6,9-11,16H2,1-2H3,(H,17,18). The highest BCUT2D eigenvalue weighted by molar-refractivity contribution is 5.92. The third-order valence-corrected chi connectivity index (χ3v) is 2.81. The van der Waals surface area contributed by atoms with E-state index in [2.05, 4.69) is 19.2 Å². The zero-order valence-corrected chi connectivity index (χ0v) is 11.8. The molecule has 0 bridgehead atoms. The summed E-state index contributed by atoms with van der Waals surface area (Å²) >= 11 is 0. The molecule has 0 aromatic heterocycles. The predicted octanol–water partition coefficient (Wildman–Crippen LogP) is 2.54. The second-order valence-electron chi connectivity index (χ2n) is 5.00. The van der Waals surface area contributed by atoms with Gasteiger partial charge in [-0.2, -0.15) is 0 Å². The third-order valence-electron chi connectivity index (χ3n) is 2.81. The lowest BCUT2D eigenvalue weighted by molar-refractivity contribution is -0.120. The van der Waals surface area contributed by atoms with Crippen LogP contribution in [0, 0.1) is 5.92 Å². The number of carbonyl (C=O) groups is 1. The first-order valence-electron chi connectivity index (χ1n) is 6.79. The number of rotatable bonds is 8. The van der Waals surface area contributed by atoms with Gasteiger partial charge in [0.05, 0.1) is 0 Å². The van der Waals surface area contributed by atoms with Crippen LogP contribution in [0.5, 0.6) is 0 Å². The van der Waals surface area contributed by atoms with Crippen molar-refractivity contribution in [2.45, 2.75) is 33.2 Å². The van der Waals surface area contributed by atoms with Crippen LogP contribution < -0.4 is 11.1 Å². The van der Waals surface area contributed by atoms with Gasteiger partial charge < -0.3 is 15.8 Å². The fourth-order valence-electron chi connectivity index (χ4n) is 1.77. The number of nitrogens with two attached hydrogens (primary N) is 1. The zero-order chi connectivity index (χ0) is 14.1. The van der Waals surface area contributed by atoms with E-state index in [9.17, 15) is 4.79 Å². The number of hydrogen-bond acceptors (Lipinski definition) is 3. The lowest BCUT2D eigenvalue weighted by Crippen LogP contribution is -2.20. The Morgan fingerprint density at radius 3 is 2.79 bits per heavy atom. The Morgan fingerprint density at radius 1 is 1.37 bits per heavy atom. The SMILES string of the molecule is CC(C)CCCOCC(=O)Nc1ccccc1CN. The summed E-state index contributed by atoms with van der Waals surface area (Å²) in [4.78, 5) is 11.7. The van der Waals surface area contributed by atoms with Crippen LogP contribution in [0.2, 0.25) is 0 Å². The number of para-hydroxylation sites is 1. The molecule has 0 heterocycles. The van der Waals surface area contributed by atoms with Crippen molar-refractivity contribution in [3.63, 3.8) is 0 Å². The third kappa shape index (κ3) is 6.36. The van der Waals surface area contributed by atoms with E-state index in [0.717, 1.165) is 24.1 Å². The summed E-state index contributed by atoms with van der Waals surface area (Å²) in [7, 11) is 0.